The third-order valence-electron chi connectivity index (χ3n) is 3.43. The van der Waals surface area contributed by atoms with Gasteiger partial charge in [0.05, 0.1) is 5.69 Å². The number of hydrogen-bond donors (Lipinski definition) is 0. The molecule has 1 aromatic carbocycles. The van der Waals surface area contributed by atoms with Crippen molar-refractivity contribution in [2.24, 2.45) is 0 Å². The summed E-state index contributed by atoms with van der Waals surface area (Å²) in [5.41, 5.74) is 1.85. The van der Waals surface area contributed by atoms with Crippen molar-refractivity contribution in [1.29, 1.82) is 0 Å². The molecule has 0 amide bonds. The number of nitrogens with zero attached hydrogens (tertiary/aromatic N) is 3. The molecule has 0 unspecified atom stereocenters. The minimum Gasteiger partial charge on any atom is -0.341 e. The summed E-state index contributed by atoms with van der Waals surface area (Å²) >= 11 is 6.22. The van der Waals surface area contributed by atoms with Crippen LogP contribution in [-0.4, -0.2) is 23.1 Å². The Balaban J connectivity index is 1.93. The summed E-state index contributed by atoms with van der Waals surface area (Å²) in [5, 5.41) is 0.728. The SMILES string of the molecule is Clc1ccccc1-c1ccnc(N2CCCCC2)n1. The molecule has 98 valence electrons. The van der Waals surface area contributed by atoms with E-state index < -0.39 is 0 Å². The van der Waals surface area contributed by atoms with Crippen LogP contribution in [0.15, 0.2) is 36.5 Å². The van der Waals surface area contributed by atoms with Gasteiger partial charge >= 0.3 is 0 Å². The first-order valence-corrected chi connectivity index (χ1v) is 7.05. The predicted molar refractivity (Wildman–Crippen MR) is 78.5 cm³/mol. The van der Waals surface area contributed by atoms with Crippen molar-refractivity contribution in [3.05, 3.63) is 41.6 Å². The summed E-state index contributed by atoms with van der Waals surface area (Å²) < 4.78 is 0. The van der Waals surface area contributed by atoms with Crippen molar-refractivity contribution in [3.8, 4) is 11.3 Å². The lowest BCUT2D eigenvalue weighted by molar-refractivity contribution is 0.568. The van der Waals surface area contributed by atoms with Crippen molar-refractivity contribution in [3.63, 3.8) is 0 Å². The molecule has 0 N–H and O–H groups in total. The van der Waals surface area contributed by atoms with Gasteiger partial charge in [-0.05, 0) is 31.4 Å². The molecule has 3 nitrogen and oxygen atoms in total. The summed E-state index contributed by atoms with van der Waals surface area (Å²) in [6.07, 6.45) is 5.57. The van der Waals surface area contributed by atoms with Crippen LogP contribution < -0.4 is 4.90 Å². The van der Waals surface area contributed by atoms with Gasteiger partial charge in [-0.2, -0.15) is 0 Å². The average molecular weight is 274 g/mol. The van der Waals surface area contributed by atoms with Gasteiger partial charge in [0.2, 0.25) is 5.95 Å². The molecule has 3 rings (SSSR count). The van der Waals surface area contributed by atoms with E-state index in [0.717, 1.165) is 35.3 Å². The molecule has 19 heavy (non-hydrogen) atoms. The lowest BCUT2D eigenvalue weighted by atomic mass is 10.1. The first-order valence-electron chi connectivity index (χ1n) is 6.67. The van der Waals surface area contributed by atoms with E-state index in [9.17, 15) is 0 Å². The Hall–Kier alpha value is -1.61. The minimum atomic E-state index is 0.728. The van der Waals surface area contributed by atoms with Crippen molar-refractivity contribution in [1.82, 2.24) is 9.97 Å². The minimum absolute atomic E-state index is 0.728. The van der Waals surface area contributed by atoms with Crippen molar-refractivity contribution in [2.45, 2.75) is 19.3 Å². The van der Waals surface area contributed by atoms with Crippen molar-refractivity contribution in [2.75, 3.05) is 18.0 Å². The molecule has 0 aliphatic carbocycles. The molecule has 1 aliphatic heterocycles. The second-order valence-corrected chi connectivity index (χ2v) is 5.18. The number of benzene rings is 1. The second-order valence-electron chi connectivity index (χ2n) is 4.77. The van der Waals surface area contributed by atoms with E-state index >= 15 is 0 Å². The molecule has 2 aromatic rings. The lowest BCUT2D eigenvalue weighted by Gasteiger charge is -2.26. The van der Waals surface area contributed by atoms with Gasteiger partial charge in [0, 0.05) is 29.9 Å². The molecular weight excluding hydrogens is 258 g/mol. The fourth-order valence-electron chi connectivity index (χ4n) is 2.41. The molecule has 1 aromatic heterocycles. The molecule has 4 heteroatoms. The van der Waals surface area contributed by atoms with Gasteiger partial charge in [0.15, 0.2) is 0 Å². The number of piperidine rings is 1. The third-order valence-corrected chi connectivity index (χ3v) is 3.76. The van der Waals surface area contributed by atoms with Crippen molar-refractivity contribution >= 4 is 17.5 Å². The Bertz CT molecular complexity index is 565. The maximum absolute atomic E-state index is 6.22. The zero-order chi connectivity index (χ0) is 13.1. The van der Waals surface area contributed by atoms with Crippen LogP contribution in [0.3, 0.4) is 0 Å². The lowest BCUT2D eigenvalue weighted by Crippen LogP contribution is -2.30. The van der Waals surface area contributed by atoms with E-state index in [1.807, 2.05) is 36.5 Å². The van der Waals surface area contributed by atoms with Gasteiger partial charge in [0.25, 0.3) is 0 Å². The summed E-state index contributed by atoms with van der Waals surface area (Å²) in [4.78, 5) is 11.3. The fourth-order valence-corrected chi connectivity index (χ4v) is 2.65. The predicted octanol–water partition coefficient (Wildman–Crippen LogP) is 3.79. The van der Waals surface area contributed by atoms with Crippen LogP contribution in [0, 0.1) is 0 Å². The highest BCUT2D eigenvalue weighted by atomic mass is 35.5. The summed E-state index contributed by atoms with van der Waals surface area (Å²) in [5.74, 6) is 0.817. The van der Waals surface area contributed by atoms with Crippen LogP contribution in [0.25, 0.3) is 11.3 Å². The van der Waals surface area contributed by atoms with Crippen LogP contribution >= 0.6 is 11.6 Å². The van der Waals surface area contributed by atoms with Gasteiger partial charge in [-0.15, -0.1) is 0 Å². The Morgan fingerprint density at radius 3 is 2.58 bits per heavy atom. The van der Waals surface area contributed by atoms with E-state index in [2.05, 4.69) is 14.9 Å². The number of rotatable bonds is 2. The van der Waals surface area contributed by atoms with Crippen molar-refractivity contribution < 1.29 is 0 Å². The average Bonchev–Trinajstić information content (AvgIpc) is 2.49. The highest BCUT2D eigenvalue weighted by Gasteiger charge is 2.14. The molecule has 1 saturated heterocycles. The highest BCUT2D eigenvalue weighted by molar-refractivity contribution is 6.33. The second kappa shape index (κ2) is 5.57. The Kier molecular flexibility index (Phi) is 3.65. The van der Waals surface area contributed by atoms with E-state index in [-0.39, 0.29) is 0 Å². The van der Waals surface area contributed by atoms with Crippen LogP contribution in [0.4, 0.5) is 5.95 Å². The van der Waals surface area contributed by atoms with Crippen LogP contribution in [-0.2, 0) is 0 Å². The van der Waals surface area contributed by atoms with Gasteiger partial charge in [-0.3, -0.25) is 0 Å². The Morgan fingerprint density at radius 1 is 1.00 bits per heavy atom. The van der Waals surface area contributed by atoms with Crippen LogP contribution in [0.2, 0.25) is 5.02 Å². The van der Waals surface area contributed by atoms with Crippen LogP contribution in [0.1, 0.15) is 19.3 Å². The highest BCUT2D eigenvalue weighted by Crippen LogP contribution is 2.27. The molecule has 0 radical (unpaired) electrons. The van der Waals surface area contributed by atoms with E-state index in [1.54, 1.807) is 0 Å². The van der Waals surface area contributed by atoms with Gasteiger partial charge < -0.3 is 4.90 Å². The van der Waals surface area contributed by atoms with E-state index in [1.165, 1.54) is 19.3 Å². The molecule has 2 heterocycles. The first-order chi connectivity index (χ1) is 9.34. The van der Waals surface area contributed by atoms with E-state index in [4.69, 9.17) is 11.6 Å². The molecule has 0 spiro atoms. The zero-order valence-corrected chi connectivity index (χ0v) is 11.5. The number of aromatic nitrogens is 2. The van der Waals surface area contributed by atoms with Crippen LogP contribution in [0.5, 0.6) is 0 Å². The third kappa shape index (κ3) is 2.71. The quantitative estimate of drug-likeness (QED) is 0.834. The Labute approximate surface area is 118 Å². The Morgan fingerprint density at radius 2 is 1.79 bits per heavy atom. The normalized spacial score (nSPS) is 15.5. The molecule has 1 aliphatic rings. The van der Waals surface area contributed by atoms with E-state index in [0.29, 0.717) is 0 Å². The summed E-state index contributed by atoms with van der Waals surface area (Å²) in [6.45, 7) is 2.10. The molecule has 0 atom stereocenters. The molecule has 0 bridgehead atoms. The molecular formula is C15H16ClN3. The fraction of sp³-hybridized carbons (Fsp3) is 0.333. The van der Waals surface area contributed by atoms with Gasteiger partial charge in [-0.25, -0.2) is 9.97 Å². The topological polar surface area (TPSA) is 29.0 Å². The smallest absolute Gasteiger partial charge is 0.225 e. The standard InChI is InChI=1S/C15H16ClN3/c16-13-7-3-2-6-12(13)14-8-9-17-15(18-14)19-10-4-1-5-11-19/h2-3,6-9H,1,4-5,10-11H2. The molecule has 0 saturated carbocycles. The first kappa shape index (κ1) is 12.4. The van der Waals surface area contributed by atoms with Gasteiger partial charge in [0.1, 0.15) is 0 Å². The zero-order valence-electron chi connectivity index (χ0n) is 10.7. The molecule has 1 fully saturated rings. The number of hydrogen-bond acceptors (Lipinski definition) is 3. The number of halogens is 1. The maximum Gasteiger partial charge on any atom is 0.225 e. The summed E-state index contributed by atoms with van der Waals surface area (Å²) in [6, 6.07) is 9.70. The maximum atomic E-state index is 6.22. The number of anilines is 1. The largest absolute Gasteiger partial charge is 0.341 e. The van der Waals surface area contributed by atoms with Gasteiger partial charge in [-0.1, -0.05) is 29.8 Å². The monoisotopic (exact) mass is 273 g/mol. The summed E-state index contributed by atoms with van der Waals surface area (Å²) in [7, 11) is 0.